The molecule has 3 aromatic rings. The van der Waals surface area contributed by atoms with Crippen LogP contribution in [0.25, 0.3) is 0 Å². The number of aromatic nitrogens is 2. The van der Waals surface area contributed by atoms with E-state index in [0.29, 0.717) is 0 Å². The first-order valence-electron chi connectivity index (χ1n) is 8.98. The summed E-state index contributed by atoms with van der Waals surface area (Å²) in [5.41, 5.74) is 3.12. The van der Waals surface area contributed by atoms with E-state index in [4.69, 9.17) is 0 Å². The Morgan fingerprint density at radius 3 is 2.89 bits per heavy atom. The van der Waals surface area contributed by atoms with E-state index in [-0.39, 0.29) is 23.9 Å². The zero-order chi connectivity index (χ0) is 18.8. The Morgan fingerprint density at radius 2 is 2.15 bits per heavy atom. The van der Waals surface area contributed by atoms with Crippen molar-refractivity contribution in [2.45, 2.75) is 31.3 Å². The van der Waals surface area contributed by atoms with Gasteiger partial charge < -0.3 is 10.6 Å². The first-order chi connectivity index (χ1) is 13.1. The van der Waals surface area contributed by atoms with Gasteiger partial charge >= 0.3 is 6.03 Å². The van der Waals surface area contributed by atoms with E-state index in [2.05, 4.69) is 15.7 Å². The Balaban J connectivity index is 1.52. The first-order valence-corrected chi connectivity index (χ1v) is 9.86. The fourth-order valence-electron chi connectivity index (χ4n) is 3.62. The molecule has 0 saturated heterocycles. The van der Waals surface area contributed by atoms with Crippen molar-refractivity contribution in [1.82, 2.24) is 20.4 Å². The van der Waals surface area contributed by atoms with Crippen LogP contribution in [0.5, 0.6) is 0 Å². The van der Waals surface area contributed by atoms with Crippen molar-refractivity contribution in [2.75, 3.05) is 0 Å². The summed E-state index contributed by atoms with van der Waals surface area (Å²) in [4.78, 5) is 13.8. The number of urea groups is 1. The third-order valence-electron chi connectivity index (χ3n) is 4.99. The summed E-state index contributed by atoms with van der Waals surface area (Å²) in [6, 6.07) is 9.57. The number of hydrogen-bond acceptors (Lipinski definition) is 3. The fraction of sp³-hybridized carbons (Fsp3) is 0.300. The number of halogens is 1. The number of nitrogens with zero attached hydrogens (tertiary/aromatic N) is 2. The van der Waals surface area contributed by atoms with Crippen LogP contribution in [-0.4, -0.2) is 15.8 Å². The van der Waals surface area contributed by atoms with Crippen molar-refractivity contribution in [3.63, 3.8) is 0 Å². The van der Waals surface area contributed by atoms with Gasteiger partial charge in [0.05, 0.1) is 18.3 Å². The van der Waals surface area contributed by atoms with Gasteiger partial charge in [0.1, 0.15) is 5.82 Å². The summed E-state index contributed by atoms with van der Waals surface area (Å²) in [6.45, 7) is 0. The molecular weight excluding hydrogens is 363 g/mol. The smallest absolute Gasteiger partial charge is 0.316 e. The zero-order valence-corrected chi connectivity index (χ0v) is 15.8. The Hall–Kier alpha value is -2.67. The van der Waals surface area contributed by atoms with Gasteiger partial charge in [0, 0.05) is 23.2 Å². The number of rotatable bonds is 4. The summed E-state index contributed by atoms with van der Waals surface area (Å²) < 4.78 is 15.2. The first kappa shape index (κ1) is 17.7. The van der Waals surface area contributed by atoms with Crippen molar-refractivity contribution < 1.29 is 9.18 Å². The molecule has 4 rings (SSSR count). The highest BCUT2D eigenvalue weighted by molar-refractivity contribution is 7.10. The standard InChI is InChI=1S/C20H21FN4OS/c1-25-17-5-2-4-16(15(17)12-22-25)23-20(26)24-19(18-6-3-11-27-18)13-7-9-14(21)10-8-13/h3,6-12,16,19H,2,4-5H2,1H3,(H2,23,24,26). The number of carbonyl (C=O) groups is 1. The lowest BCUT2D eigenvalue weighted by molar-refractivity contribution is 0.233. The third kappa shape index (κ3) is 3.73. The Bertz CT molecular complexity index is 920. The Morgan fingerprint density at radius 1 is 1.33 bits per heavy atom. The average molecular weight is 384 g/mol. The molecule has 1 aliphatic rings. The molecule has 0 saturated carbocycles. The number of nitrogens with one attached hydrogen (secondary N) is 2. The number of aryl methyl sites for hydroxylation is 1. The molecule has 5 nitrogen and oxygen atoms in total. The highest BCUT2D eigenvalue weighted by Crippen LogP contribution is 2.30. The van der Waals surface area contributed by atoms with Gasteiger partial charge in [-0.05, 0) is 48.4 Å². The number of carbonyl (C=O) groups excluding carboxylic acids is 1. The lowest BCUT2D eigenvalue weighted by atomic mass is 9.93. The van der Waals surface area contributed by atoms with E-state index in [0.717, 1.165) is 35.3 Å². The molecule has 0 bridgehead atoms. The molecule has 0 aliphatic heterocycles. The van der Waals surface area contributed by atoms with Crippen molar-refractivity contribution in [2.24, 2.45) is 7.05 Å². The minimum absolute atomic E-state index is 0.0420. The van der Waals surface area contributed by atoms with Crippen LogP contribution in [0.15, 0.2) is 48.0 Å². The van der Waals surface area contributed by atoms with Gasteiger partial charge in [-0.15, -0.1) is 11.3 Å². The molecule has 2 heterocycles. The van der Waals surface area contributed by atoms with Gasteiger partial charge in [-0.3, -0.25) is 4.68 Å². The van der Waals surface area contributed by atoms with Crippen LogP contribution in [0.3, 0.4) is 0 Å². The lowest BCUT2D eigenvalue weighted by Gasteiger charge is -2.25. The molecule has 1 aliphatic carbocycles. The largest absolute Gasteiger partial charge is 0.331 e. The highest BCUT2D eigenvalue weighted by Gasteiger charge is 2.26. The van der Waals surface area contributed by atoms with Gasteiger partial charge in [-0.1, -0.05) is 18.2 Å². The zero-order valence-electron chi connectivity index (χ0n) is 15.0. The van der Waals surface area contributed by atoms with Crippen molar-refractivity contribution in [1.29, 1.82) is 0 Å². The molecule has 0 radical (unpaired) electrons. The minimum Gasteiger partial charge on any atom is -0.331 e. The second kappa shape index (κ2) is 7.52. The second-order valence-corrected chi connectivity index (χ2v) is 7.71. The number of benzene rings is 1. The quantitative estimate of drug-likeness (QED) is 0.712. The number of thiophene rings is 1. The van der Waals surface area contributed by atoms with Crippen LogP contribution in [0, 0.1) is 5.82 Å². The molecule has 2 N–H and O–H groups in total. The molecule has 140 valence electrons. The van der Waals surface area contributed by atoms with Gasteiger partial charge in [0.25, 0.3) is 0 Å². The average Bonchev–Trinajstić information content (AvgIpc) is 3.32. The SMILES string of the molecule is Cn1ncc2c1CCCC2NC(=O)NC(c1ccc(F)cc1)c1cccs1. The van der Waals surface area contributed by atoms with Gasteiger partial charge in [0.2, 0.25) is 0 Å². The molecule has 0 fully saturated rings. The Labute approximate surface area is 161 Å². The van der Waals surface area contributed by atoms with Crippen LogP contribution >= 0.6 is 11.3 Å². The lowest BCUT2D eigenvalue weighted by Crippen LogP contribution is -2.41. The molecule has 2 atom stereocenters. The maximum Gasteiger partial charge on any atom is 0.316 e. The molecule has 27 heavy (non-hydrogen) atoms. The van der Waals surface area contributed by atoms with Crippen LogP contribution in [0.1, 0.15) is 46.6 Å². The van der Waals surface area contributed by atoms with E-state index >= 15 is 0 Å². The summed E-state index contributed by atoms with van der Waals surface area (Å²) in [5.74, 6) is -0.292. The monoisotopic (exact) mass is 384 g/mol. The van der Waals surface area contributed by atoms with Gasteiger partial charge in [-0.2, -0.15) is 5.10 Å². The summed E-state index contributed by atoms with van der Waals surface area (Å²) in [6.07, 6.45) is 4.74. The molecule has 1 aromatic carbocycles. The topological polar surface area (TPSA) is 59.0 Å². The maximum atomic E-state index is 13.3. The van der Waals surface area contributed by atoms with Crippen LogP contribution in [-0.2, 0) is 13.5 Å². The van der Waals surface area contributed by atoms with E-state index in [1.807, 2.05) is 35.4 Å². The van der Waals surface area contributed by atoms with Crippen molar-refractivity contribution >= 4 is 17.4 Å². The summed E-state index contributed by atoms with van der Waals surface area (Å²) in [5, 5.41) is 12.4. The normalized spacial score (nSPS) is 17.2. The van der Waals surface area contributed by atoms with E-state index in [1.54, 1.807) is 23.5 Å². The van der Waals surface area contributed by atoms with Crippen LogP contribution < -0.4 is 10.6 Å². The maximum absolute atomic E-state index is 13.3. The molecule has 2 amide bonds. The molecule has 7 heteroatoms. The van der Waals surface area contributed by atoms with Crippen LogP contribution in [0.4, 0.5) is 9.18 Å². The fourth-order valence-corrected chi connectivity index (χ4v) is 4.42. The van der Waals surface area contributed by atoms with Gasteiger partial charge in [0.15, 0.2) is 0 Å². The number of hydrogen-bond donors (Lipinski definition) is 2. The van der Waals surface area contributed by atoms with E-state index in [9.17, 15) is 9.18 Å². The second-order valence-electron chi connectivity index (χ2n) is 6.73. The predicted molar refractivity (Wildman–Crippen MR) is 103 cm³/mol. The Kier molecular flexibility index (Phi) is 4.94. The van der Waals surface area contributed by atoms with Gasteiger partial charge in [-0.25, -0.2) is 9.18 Å². The molecule has 2 unspecified atom stereocenters. The van der Waals surface area contributed by atoms with E-state index in [1.165, 1.54) is 17.8 Å². The summed E-state index contributed by atoms with van der Waals surface area (Å²) in [7, 11) is 1.93. The number of fused-ring (bicyclic) bond motifs is 1. The molecule has 2 aromatic heterocycles. The highest BCUT2D eigenvalue weighted by atomic mass is 32.1. The third-order valence-corrected chi connectivity index (χ3v) is 5.92. The minimum atomic E-state index is -0.317. The molecular formula is C20H21FN4OS. The molecule has 0 spiro atoms. The summed E-state index contributed by atoms with van der Waals surface area (Å²) >= 11 is 1.56. The predicted octanol–water partition coefficient (Wildman–Crippen LogP) is 4.09. The van der Waals surface area contributed by atoms with Crippen LogP contribution in [0.2, 0.25) is 0 Å². The van der Waals surface area contributed by atoms with Crippen molar-refractivity contribution in [3.05, 3.63) is 75.5 Å². The van der Waals surface area contributed by atoms with Crippen molar-refractivity contribution in [3.8, 4) is 0 Å². The number of amides is 2. The van der Waals surface area contributed by atoms with E-state index < -0.39 is 0 Å².